The van der Waals surface area contributed by atoms with E-state index >= 15 is 0 Å². The Morgan fingerprint density at radius 1 is 1.00 bits per heavy atom. The smallest absolute Gasteiger partial charge is 0.240 e. The second kappa shape index (κ2) is 7.47. The number of hydrogen-bond donors (Lipinski definition) is 0. The summed E-state index contributed by atoms with van der Waals surface area (Å²) < 4.78 is 15.9. The van der Waals surface area contributed by atoms with Gasteiger partial charge in [-0.25, -0.2) is 5.01 Å². The second-order valence-electron chi connectivity index (χ2n) is 5.97. The molecule has 1 heterocycles. The minimum absolute atomic E-state index is 0.103. The normalized spacial score (nSPS) is 16.2. The van der Waals surface area contributed by atoms with Gasteiger partial charge in [0, 0.05) is 25.0 Å². The summed E-state index contributed by atoms with van der Waals surface area (Å²) in [4.78, 5) is 12.1. The minimum Gasteiger partial charge on any atom is -0.497 e. The number of hydrogen-bond acceptors (Lipinski definition) is 5. The lowest BCUT2D eigenvalue weighted by Crippen LogP contribution is -2.24. The van der Waals surface area contributed by atoms with Crippen molar-refractivity contribution < 1.29 is 19.0 Å². The first kappa shape index (κ1) is 17.8. The van der Waals surface area contributed by atoms with Crippen LogP contribution in [0.3, 0.4) is 0 Å². The van der Waals surface area contributed by atoms with Crippen LogP contribution < -0.4 is 14.2 Å². The molecule has 1 atom stereocenters. The van der Waals surface area contributed by atoms with Gasteiger partial charge in [0.15, 0.2) is 0 Å². The molecule has 0 saturated heterocycles. The van der Waals surface area contributed by atoms with E-state index in [2.05, 4.69) is 5.10 Å². The van der Waals surface area contributed by atoms with Crippen molar-refractivity contribution >= 4 is 11.6 Å². The number of amides is 1. The predicted molar refractivity (Wildman–Crippen MR) is 99.0 cm³/mol. The van der Waals surface area contributed by atoms with Gasteiger partial charge in [-0.2, -0.15) is 5.10 Å². The quantitative estimate of drug-likeness (QED) is 0.826. The molecule has 1 amide bonds. The van der Waals surface area contributed by atoms with Crippen LogP contribution in [0.1, 0.15) is 30.5 Å². The van der Waals surface area contributed by atoms with Gasteiger partial charge in [0.1, 0.15) is 17.2 Å². The summed E-state index contributed by atoms with van der Waals surface area (Å²) in [6.45, 7) is 1.52. The van der Waals surface area contributed by atoms with Crippen molar-refractivity contribution in [3.8, 4) is 17.2 Å². The van der Waals surface area contributed by atoms with Crippen molar-refractivity contribution in [2.45, 2.75) is 19.4 Å². The Morgan fingerprint density at radius 3 is 2.23 bits per heavy atom. The number of carbonyl (C=O) groups is 1. The van der Waals surface area contributed by atoms with Crippen LogP contribution in [0.15, 0.2) is 47.6 Å². The van der Waals surface area contributed by atoms with Gasteiger partial charge in [-0.1, -0.05) is 12.1 Å². The van der Waals surface area contributed by atoms with E-state index < -0.39 is 0 Å². The number of carbonyl (C=O) groups excluding carboxylic acids is 1. The molecule has 1 unspecified atom stereocenters. The molecule has 0 saturated carbocycles. The van der Waals surface area contributed by atoms with Crippen LogP contribution in [-0.4, -0.2) is 38.0 Å². The number of benzene rings is 2. The predicted octanol–water partition coefficient (Wildman–Crippen LogP) is 3.41. The summed E-state index contributed by atoms with van der Waals surface area (Å²) in [5.74, 6) is 2.05. The number of ether oxygens (including phenoxy) is 3. The molecule has 6 nitrogen and oxygen atoms in total. The van der Waals surface area contributed by atoms with Crippen molar-refractivity contribution in [2.24, 2.45) is 5.10 Å². The fraction of sp³-hybridized carbons (Fsp3) is 0.300. The van der Waals surface area contributed by atoms with Crippen LogP contribution in [-0.2, 0) is 4.79 Å². The number of methoxy groups -OCH3 is 3. The highest BCUT2D eigenvalue weighted by Crippen LogP contribution is 2.36. The highest BCUT2D eigenvalue weighted by atomic mass is 16.5. The van der Waals surface area contributed by atoms with Gasteiger partial charge in [0.05, 0.1) is 33.1 Å². The van der Waals surface area contributed by atoms with Crippen molar-refractivity contribution in [2.75, 3.05) is 21.3 Å². The molecule has 2 aromatic rings. The van der Waals surface area contributed by atoms with Gasteiger partial charge in [-0.15, -0.1) is 0 Å². The number of hydrazone groups is 1. The average molecular weight is 354 g/mol. The largest absolute Gasteiger partial charge is 0.497 e. The summed E-state index contributed by atoms with van der Waals surface area (Å²) in [6, 6.07) is 13.1. The molecule has 0 radical (unpaired) electrons. The lowest BCUT2D eigenvalue weighted by molar-refractivity contribution is -0.130. The van der Waals surface area contributed by atoms with E-state index in [9.17, 15) is 4.79 Å². The molecule has 0 bridgehead atoms. The van der Waals surface area contributed by atoms with E-state index in [4.69, 9.17) is 14.2 Å². The average Bonchev–Trinajstić information content (AvgIpc) is 3.13. The fourth-order valence-corrected chi connectivity index (χ4v) is 3.09. The Labute approximate surface area is 153 Å². The first-order valence-electron chi connectivity index (χ1n) is 8.31. The van der Waals surface area contributed by atoms with E-state index in [1.807, 2.05) is 42.5 Å². The molecule has 136 valence electrons. The molecule has 6 heteroatoms. The molecule has 1 aliphatic rings. The first-order chi connectivity index (χ1) is 12.6. The van der Waals surface area contributed by atoms with Crippen LogP contribution in [0.5, 0.6) is 17.2 Å². The van der Waals surface area contributed by atoms with Gasteiger partial charge < -0.3 is 14.2 Å². The molecule has 0 spiro atoms. The van der Waals surface area contributed by atoms with Crippen LogP contribution in [0.25, 0.3) is 0 Å². The molecule has 0 aliphatic carbocycles. The van der Waals surface area contributed by atoms with Gasteiger partial charge in [-0.3, -0.25) is 4.79 Å². The molecule has 0 aromatic heterocycles. The molecule has 0 fully saturated rings. The standard InChI is InChI=1S/C20H22N2O4/c1-13(23)22-19(14-5-7-15(24-2)8-6-14)12-18(21-22)17-10-9-16(25-3)11-20(17)26-4/h5-11,19H,12H2,1-4H3. The Kier molecular flexibility index (Phi) is 5.11. The van der Waals surface area contributed by atoms with E-state index in [0.29, 0.717) is 17.9 Å². The fourth-order valence-electron chi connectivity index (χ4n) is 3.09. The van der Waals surface area contributed by atoms with Gasteiger partial charge in [-0.05, 0) is 29.8 Å². The van der Waals surface area contributed by atoms with Crippen LogP contribution in [0, 0.1) is 0 Å². The first-order valence-corrected chi connectivity index (χ1v) is 8.31. The SMILES string of the molecule is COc1ccc(C2CC(c3ccc(OC)cc3OC)=NN2C(C)=O)cc1. The van der Waals surface area contributed by atoms with E-state index in [-0.39, 0.29) is 11.9 Å². The highest BCUT2D eigenvalue weighted by Gasteiger charge is 2.32. The summed E-state index contributed by atoms with van der Waals surface area (Å²) in [5, 5.41) is 6.10. The third-order valence-corrected chi connectivity index (χ3v) is 4.45. The zero-order valence-corrected chi connectivity index (χ0v) is 15.4. The summed E-state index contributed by atoms with van der Waals surface area (Å²) in [6.07, 6.45) is 0.606. The molecular weight excluding hydrogens is 332 g/mol. The molecule has 1 aliphatic heterocycles. The number of rotatable bonds is 5. The van der Waals surface area contributed by atoms with Crippen LogP contribution in [0.2, 0.25) is 0 Å². The van der Waals surface area contributed by atoms with Gasteiger partial charge in [0.2, 0.25) is 5.91 Å². The van der Waals surface area contributed by atoms with Crippen LogP contribution in [0.4, 0.5) is 0 Å². The van der Waals surface area contributed by atoms with Crippen molar-refractivity contribution in [3.63, 3.8) is 0 Å². The Hall–Kier alpha value is -3.02. The zero-order chi connectivity index (χ0) is 18.7. The van der Waals surface area contributed by atoms with E-state index in [1.54, 1.807) is 21.3 Å². The van der Waals surface area contributed by atoms with Gasteiger partial charge >= 0.3 is 0 Å². The van der Waals surface area contributed by atoms with Crippen LogP contribution >= 0.6 is 0 Å². The minimum atomic E-state index is -0.153. The Balaban J connectivity index is 1.95. The highest BCUT2D eigenvalue weighted by molar-refractivity contribution is 6.05. The third kappa shape index (κ3) is 3.35. The van der Waals surface area contributed by atoms with Crippen molar-refractivity contribution in [1.82, 2.24) is 5.01 Å². The summed E-state index contributed by atoms with van der Waals surface area (Å²) in [5.41, 5.74) is 2.67. The monoisotopic (exact) mass is 354 g/mol. The Bertz CT molecular complexity index is 830. The molecule has 2 aromatic carbocycles. The Morgan fingerprint density at radius 2 is 1.65 bits per heavy atom. The molecule has 26 heavy (non-hydrogen) atoms. The summed E-state index contributed by atoms with van der Waals surface area (Å²) >= 11 is 0. The lowest BCUT2D eigenvalue weighted by Gasteiger charge is -2.20. The van der Waals surface area contributed by atoms with Crippen molar-refractivity contribution in [3.05, 3.63) is 53.6 Å². The second-order valence-corrected chi connectivity index (χ2v) is 5.97. The zero-order valence-electron chi connectivity index (χ0n) is 15.4. The van der Waals surface area contributed by atoms with E-state index in [1.165, 1.54) is 11.9 Å². The lowest BCUT2D eigenvalue weighted by atomic mass is 9.97. The van der Waals surface area contributed by atoms with Gasteiger partial charge in [0.25, 0.3) is 0 Å². The number of nitrogens with zero attached hydrogens (tertiary/aromatic N) is 2. The maximum Gasteiger partial charge on any atom is 0.240 e. The molecule has 0 N–H and O–H groups in total. The summed E-state index contributed by atoms with van der Waals surface area (Å²) in [7, 11) is 4.85. The maximum absolute atomic E-state index is 12.1. The van der Waals surface area contributed by atoms with E-state index in [0.717, 1.165) is 22.6 Å². The molecular formula is C20H22N2O4. The topological polar surface area (TPSA) is 60.4 Å². The molecule has 3 rings (SSSR count). The third-order valence-electron chi connectivity index (χ3n) is 4.45. The maximum atomic E-state index is 12.1. The van der Waals surface area contributed by atoms with Crippen molar-refractivity contribution in [1.29, 1.82) is 0 Å².